The van der Waals surface area contributed by atoms with Crippen molar-refractivity contribution in [1.82, 2.24) is 14.8 Å². The topological polar surface area (TPSA) is 97.1 Å². The van der Waals surface area contributed by atoms with Gasteiger partial charge in [-0.3, -0.25) is 4.79 Å². The van der Waals surface area contributed by atoms with E-state index in [1.54, 1.807) is 23.1 Å². The minimum atomic E-state index is -1.01. The Morgan fingerprint density at radius 2 is 1.80 bits per heavy atom. The van der Waals surface area contributed by atoms with Gasteiger partial charge in [0, 0.05) is 5.69 Å². The molecule has 0 aliphatic rings. The summed E-state index contributed by atoms with van der Waals surface area (Å²) in [6.45, 7) is 0. The third-order valence-corrected chi connectivity index (χ3v) is 4.09. The molecule has 3 rings (SSSR count). The lowest BCUT2D eigenvalue weighted by atomic mass is 10.2. The number of carbonyl (C=O) groups is 2. The van der Waals surface area contributed by atoms with Crippen molar-refractivity contribution in [3.8, 4) is 5.69 Å². The van der Waals surface area contributed by atoms with Crippen LogP contribution >= 0.6 is 11.8 Å². The Morgan fingerprint density at radius 1 is 1.08 bits per heavy atom. The van der Waals surface area contributed by atoms with E-state index >= 15 is 0 Å². The highest BCUT2D eigenvalue weighted by molar-refractivity contribution is 7.99. The molecule has 0 atom stereocenters. The highest BCUT2D eigenvalue weighted by atomic mass is 32.2. The summed E-state index contributed by atoms with van der Waals surface area (Å²) in [7, 11) is 0. The third kappa shape index (κ3) is 4.45. The highest BCUT2D eigenvalue weighted by Crippen LogP contribution is 2.15. The van der Waals surface area contributed by atoms with Crippen molar-refractivity contribution in [3.63, 3.8) is 0 Å². The molecule has 0 saturated carbocycles. The number of rotatable bonds is 6. The fourth-order valence-electron chi connectivity index (χ4n) is 2.04. The average Bonchev–Trinajstić information content (AvgIpc) is 3.10. The van der Waals surface area contributed by atoms with E-state index in [-0.39, 0.29) is 17.2 Å². The number of thioether (sulfide) groups is 1. The van der Waals surface area contributed by atoms with Crippen LogP contribution in [0.4, 0.5) is 5.69 Å². The number of para-hydroxylation sites is 1. The quantitative estimate of drug-likeness (QED) is 0.661. The lowest BCUT2D eigenvalue weighted by Crippen LogP contribution is -2.14. The molecule has 0 spiro atoms. The Kier molecular flexibility index (Phi) is 5.10. The van der Waals surface area contributed by atoms with Crippen LogP contribution in [0, 0.1) is 0 Å². The molecule has 25 heavy (non-hydrogen) atoms. The number of nitrogens with zero attached hydrogens (tertiary/aromatic N) is 3. The maximum Gasteiger partial charge on any atom is 0.335 e. The van der Waals surface area contributed by atoms with Crippen LogP contribution in [0.5, 0.6) is 0 Å². The van der Waals surface area contributed by atoms with Gasteiger partial charge in [-0.15, -0.1) is 5.10 Å². The number of aromatic carboxylic acids is 1. The van der Waals surface area contributed by atoms with E-state index in [2.05, 4.69) is 15.4 Å². The third-order valence-electron chi connectivity index (χ3n) is 3.24. The molecule has 1 amide bonds. The van der Waals surface area contributed by atoms with Crippen molar-refractivity contribution in [2.24, 2.45) is 0 Å². The number of amides is 1. The van der Waals surface area contributed by atoms with Crippen LogP contribution in [-0.4, -0.2) is 37.5 Å². The van der Waals surface area contributed by atoms with E-state index < -0.39 is 5.97 Å². The predicted molar refractivity (Wildman–Crippen MR) is 94.1 cm³/mol. The van der Waals surface area contributed by atoms with Gasteiger partial charge in [0.25, 0.3) is 0 Å². The molecule has 0 radical (unpaired) electrons. The highest BCUT2D eigenvalue weighted by Gasteiger charge is 2.08. The van der Waals surface area contributed by atoms with Crippen molar-refractivity contribution in [1.29, 1.82) is 0 Å². The molecule has 0 aliphatic heterocycles. The lowest BCUT2D eigenvalue weighted by Gasteiger charge is -2.04. The van der Waals surface area contributed by atoms with E-state index in [9.17, 15) is 9.59 Å². The largest absolute Gasteiger partial charge is 0.478 e. The van der Waals surface area contributed by atoms with E-state index in [4.69, 9.17) is 5.11 Å². The van der Waals surface area contributed by atoms with Crippen LogP contribution in [0.1, 0.15) is 10.4 Å². The Morgan fingerprint density at radius 3 is 2.48 bits per heavy atom. The molecular formula is C17H14N4O3S. The van der Waals surface area contributed by atoms with Gasteiger partial charge in [0.1, 0.15) is 6.33 Å². The molecule has 3 aromatic rings. The van der Waals surface area contributed by atoms with Crippen molar-refractivity contribution in [2.75, 3.05) is 11.1 Å². The minimum Gasteiger partial charge on any atom is -0.478 e. The molecule has 2 aromatic carbocycles. The van der Waals surface area contributed by atoms with Crippen molar-refractivity contribution in [3.05, 3.63) is 66.5 Å². The molecule has 7 nitrogen and oxygen atoms in total. The Hall–Kier alpha value is -3.13. The summed E-state index contributed by atoms with van der Waals surface area (Å²) in [6, 6.07) is 15.5. The zero-order valence-electron chi connectivity index (χ0n) is 13.0. The van der Waals surface area contributed by atoms with Crippen molar-refractivity contribution < 1.29 is 14.7 Å². The van der Waals surface area contributed by atoms with Gasteiger partial charge in [0.15, 0.2) is 0 Å². The van der Waals surface area contributed by atoms with E-state index in [0.717, 1.165) is 5.69 Å². The summed E-state index contributed by atoms with van der Waals surface area (Å²) < 4.78 is 1.64. The van der Waals surface area contributed by atoms with E-state index in [0.29, 0.717) is 10.8 Å². The summed E-state index contributed by atoms with van der Waals surface area (Å²) in [4.78, 5) is 26.9. The summed E-state index contributed by atoms with van der Waals surface area (Å²) in [5.41, 5.74) is 1.60. The number of carboxylic acids is 1. The number of hydrogen-bond acceptors (Lipinski definition) is 5. The van der Waals surface area contributed by atoms with Crippen LogP contribution < -0.4 is 5.32 Å². The second kappa shape index (κ2) is 7.63. The zero-order chi connectivity index (χ0) is 17.6. The Labute approximate surface area is 147 Å². The number of carbonyl (C=O) groups excluding carboxylic acids is 1. The average molecular weight is 354 g/mol. The van der Waals surface area contributed by atoms with Gasteiger partial charge in [-0.25, -0.2) is 14.5 Å². The van der Waals surface area contributed by atoms with Crippen LogP contribution in [0.25, 0.3) is 5.69 Å². The fourth-order valence-corrected chi connectivity index (χ4v) is 2.64. The Bertz CT molecular complexity index is 878. The maximum atomic E-state index is 12.0. The molecule has 0 fully saturated rings. The number of benzene rings is 2. The molecular weight excluding hydrogens is 340 g/mol. The number of nitrogens with one attached hydrogen (secondary N) is 1. The van der Waals surface area contributed by atoms with Crippen LogP contribution in [0.3, 0.4) is 0 Å². The molecule has 1 heterocycles. The standard InChI is InChI=1S/C17H14N4O3S/c22-15(19-13-8-6-12(7-9-13)16(23)24)10-25-17-18-11-21(20-17)14-4-2-1-3-5-14/h1-9,11H,10H2,(H,19,22)(H,23,24). The van der Waals surface area contributed by atoms with Gasteiger partial charge in [0.2, 0.25) is 11.1 Å². The van der Waals surface area contributed by atoms with Gasteiger partial charge in [-0.1, -0.05) is 30.0 Å². The fraction of sp³-hybridized carbons (Fsp3) is 0.0588. The molecule has 8 heteroatoms. The van der Waals surface area contributed by atoms with Crippen LogP contribution in [-0.2, 0) is 4.79 Å². The second-order valence-electron chi connectivity index (χ2n) is 5.03. The first-order chi connectivity index (χ1) is 12.1. The number of anilines is 1. The normalized spacial score (nSPS) is 10.4. The number of aromatic nitrogens is 3. The molecule has 0 saturated heterocycles. The van der Waals surface area contributed by atoms with Crippen LogP contribution in [0.15, 0.2) is 66.1 Å². The summed E-state index contributed by atoms with van der Waals surface area (Å²) in [5, 5.41) is 16.4. The molecule has 2 N–H and O–H groups in total. The smallest absolute Gasteiger partial charge is 0.335 e. The first-order valence-electron chi connectivity index (χ1n) is 7.35. The van der Waals surface area contributed by atoms with Gasteiger partial charge >= 0.3 is 5.97 Å². The van der Waals surface area contributed by atoms with Gasteiger partial charge in [-0.05, 0) is 36.4 Å². The summed E-state index contributed by atoms with van der Waals surface area (Å²) in [6.07, 6.45) is 1.60. The number of hydrogen-bond donors (Lipinski definition) is 2. The molecule has 0 aliphatic carbocycles. The van der Waals surface area contributed by atoms with Crippen molar-refractivity contribution >= 4 is 29.3 Å². The molecule has 126 valence electrons. The zero-order valence-corrected chi connectivity index (χ0v) is 13.8. The van der Waals surface area contributed by atoms with Gasteiger partial charge in [-0.2, -0.15) is 0 Å². The number of carboxylic acid groups (broad SMARTS) is 1. The predicted octanol–water partition coefficient (Wildman–Crippen LogP) is 2.70. The first-order valence-corrected chi connectivity index (χ1v) is 8.33. The lowest BCUT2D eigenvalue weighted by molar-refractivity contribution is -0.113. The molecule has 0 bridgehead atoms. The summed E-state index contributed by atoms with van der Waals surface area (Å²) >= 11 is 1.22. The molecule has 0 unspecified atom stereocenters. The van der Waals surface area contributed by atoms with E-state index in [1.807, 2.05) is 30.3 Å². The first kappa shape index (κ1) is 16.7. The minimum absolute atomic E-state index is 0.152. The monoisotopic (exact) mass is 354 g/mol. The van der Waals surface area contributed by atoms with Gasteiger partial charge < -0.3 is 10.4 Å². The summed E-state index contributed by atoms with van der Waals surface area (Å²) in [5.74, 6) is -1.07. The second-order valence-corrected chi connectivity index (χ2v) is 5.97. The Balaban J connectivity index is 1.54. The SMILES string of the molecule is O=C(CSc1ncn(-c2ccccc2)n1)Nc1ccc(C(=O)O)cc1. The molecule has 1 aromatic heterocycles. The van der Waals surface area contributed by atoms with Crippen molar-refractivity contribution in [2.45, 2.75) is 5.16 Å². The van der Waals surface area contributed by atoms with Gasteiger partial charge in [0.05, 0.1) is 17.0 Å². The maximum absolute atomic E-state index is 12.0. The van der Waals surface area contributed by atoms with E-state index in [1.165, 1.54) is 23.9 Å². The van der Waals surface area contributed by atoms with Crippen LogP contribution in [0.2, 0.25) is 0 Å².